The van der Waals surface area contributed by atoms with Crippen LogP contribution in [0, 0.1) is 0 Å². The number of furan rings is 1. The fourth-order valence-electron chi connectivity index (χ4n) is 1.71. The van der Waals surface area contributed by atoms with Crippen LogP contribution in [0.3, 0.4) is 0 Å². The van der Waals surface area contributed by atoms with Crippen LogP contribution < -0.4 is 10.6 Å². The summed E-state index contributed by atoms with van der Waals surface area (Å²) in [5.41, 5.74) is 0. The highest BCUT2D eigenvalue weighted by molar-refractivity contribution is 4.97. The van der Waals surface area contributed by atoms with Gasteiger partial charge in [-0.1, -0.05) is 0 Å². The molecular weight excluding hydrogens is 164 g/mol. The average molecular weight is 180 g/mol. The van der Waals surface area contributed by atoms with Crippen LogP contribution in [0.25, 0.3) is 0 Å². The first-order valence-corrected chi connectivity index (χ1v) is 4.91. The van der Waals surface area contributed by atoms with Crippen LogP contribution in [-0.2, 0) is 6.54 Å². The van der Waals surface area contributed by atoms with Crippen LogP contribution in [0.5, 0.6) is 0 Å². The third-order valence-electron chi connectivity index (χ3n) is 2.43. The second-order valence-corrected chi connectivity index (χ2v) is 3.50. The Morgan fingerprint density at radius 2 is 2.62 bits per heavy atom. The molecule has 3 heteroatoms. The van der Waals surface area contributed by atoms with E-state index in [1.807, 2.05) is 12.1 Å². The third-order valence-corrected chi connectivity index (χ3v) is 2.43. The molecule has 3 nitrogen and oxygen atoms in total. The van der Waals surface area contributed by atoms with Crippen LogP contribution in [0.1, 0.15) is 18.6 Å². The lowest BCUT2D eigenvalue weighted by Crippen LogP contribution is -2.33. The zero-order chi connectivity index (χ0) is 8.93. The van der Waals surface area contributed by atoms with Crippen LogP contribution in [0.4, 0.5) is 0 Å². The molecule has 1 atom stereocenters. The van der Waals surface area contributed by atoms with Gasteiger partial charge in [0.2, 0.25) is 0 Å². The molecule has 2 N–H and O–H groups in total. The average Bonchev–Trinajstić information content (AvgIpc) is 2.75. The number of nitrogens with one attached hydrogen (secondary N) is 2. The SMILES string of the molecule is c1coc(CNCC2CCCN2)c1. The number of rotatable bonds is 4. The second-order valence-electron chi connectivity index (χ2n) is 3.50. The van der Waals surface area contributed by atoms with Gasteiger partial charge in [-0.3, -0.25) is 0 Å². The van der Waals surface area contributed by atoms with Crippen molar-refractivity contribution in [2.75, 3.05) is 13.1 Å². The molecule has 0 radical (unpaired) electrons. The van der Waals surface area contributed by atoms with Gasteiger partial charge in [0.25, 0.3) is 0 Å². The van der Waals surface area contributed by atoms with E-state index in [0.29, 0.717) is 6.04 Å². The smallest absolute Gasteiger partial charge is 0.117 e. The van der Waals surface area contributed by atoms with Crippen molar-refractivity contribution >= 4 is 0 Å². The summed E-state index contributed by atoms with van der Waals surface area (Å²) in [5.74, 6) is 1.01. The molecule has 0 saturated carbocycles. The fraction of sp³-hybridized carbons (Fsp3) is 0.600. The van der Waals surface area contributed by atoms with Crippen LogP contribution in [-0.4, -0.2) is 19.1 Å². The van der Waals surface area contributed by atoms with Gasteiger partial charge in [0.15, 0.2) is 0 Å². The van der Waals surface area contributed by atoms with E-state index < -0.39 is 0 Å². The molecule has 1 unspecified atom stereocenters. The monoisotopic (exact) mass is 180 g/mol. The summed E-state index contributed by atoms with van der Waals surface area (Å²) in [4.78, 5) is 0. The largest absolute Gasteiger partial charge is 0.468 e. The van der Waals surface area contributed by atoms with Crippen molar-refractivity contribution in [3.8, 4) is 0 Å². The van der Waals surface area contributed by atoms with Gasteiger partial charge in [-0.2, -0.15) is 0 Å². The molecule has 1 saturated heterocycles. The van der Waals surface area contributed by atoms with E-state index in [9.17, 15) is 0 Å². The number of hydrogen-bond acceptors (Lipinski definition) is 3. The minimum atomic E-state index is 0.662. The highest BCUT2D eigenvalue weighted by Crippen LogP contribution is 2.04. The maximum Gasteiger partial charge on any atom is 0.117 e. The first-order valence-electron chi connectivity index (χ1n) is 4.91. The fourth-order valence-corrected chi connectivity index (χ4v) is 1.71. The normalized spacial score (nSPS) is 22.3. The van der Waals surface area contributed by atoms with E-state index in [-0.39, 0.29) is 0 Å². The highest BCUT2D eigenvalue weighted by atomic mass is 16.3. The van der Waals surface area contributed by atoms with Gasteiger partial charge in [-0.15, -0.1) is 0 Å². The van der Waals surface area contributed by atoms with Gasteiger partial charge in [0.05, 0.1) is 12.8 Å². The Morgan fingerprint density at radius 3 is 3.31 bits per heavy atom. The molecule has 0 spiro atoms. The van der Waals surface area contributed by atoms with Gasteiger partial charge in [0, 0.05) is 12.6 Å². The Hall–Kier alpha value is -0.800. The van der Waals surface area contributed by atoms with E-state index in [1.54, 1.807) is 6.26 Å². The Kier molecular flexibility index (Phi) is 3.00. The molecule has 2 heterocycles. The lowest BCUT2D eigenvalue weighted by molar-refractivity contribution is 0.463. The van der Waals surface area contributed by atoms with Gasteiger partial charge in [-0.25, -0.2) is 0 Å². The molecule has 0 aliphatic carbocycles. The molecule has 1 aliphatic rings. The Labute approximate surface area is 78.5 Å². The van der Waals surface area contributed by atoms with Crippen molar-refractivity contribution in [3.63, 3.8) is 0 Å². The summed E-state index contributed by atoms with van der Waals surface area (Å²) in [6.07, 6.45) is 4.32. The summed E-state index contributed by atoms with van der Waals surface area (Å²) < 4.78 is 5.22. The van der Waals surface area contributed by atoms with Crippen molar-refractivity contribution in [1.82, 2.24) is 10.6 Å². The molecule has 0 bridgehead atoms. The van der Waals surface area contributed by atoms with Crippen molar-refractivity contribution in [2.45, 2.75) is 25.4 Å². The molecule has 1 aliphatic heterocycles. The van der Waals surface area contributed by atoms with E-state index in [2.05, 4.69) is 10.6 Å². The third kappa shape index (κ3) is 2.57. The zero-order valence-electron chi connectivity index (χ0n) is 7.75. The summed E-state index contributed by atoms with van der Waals surface area (Å²) in [5, 5.41) is 6.82. The van der Waals surface area contributed by atoms with Crippen LogP contribution >= 0.6 is 0 Å². The predicted octanol–water partition coefficient (Wildman–Crippen LogP) is 1.12. The summed E-state index contributed by atoms with van der Waals surface area (Å²) in [6, 6.07) is 4.58. The zero-order valence-corrected chi connectivity index (χ0v) is 7.75. The van der Waals surface area contributed by atoms with E-state index >= 15 is 0 Å². The second kappa shape index (κ2) is 4.44. The lowest BCUT2D eigenvalue weighted by atomic mass is 10.2. The minimum Gasteiger partial charge on any atom is -0.468 e. The maximum atomic E-state index is 5.22. The van der Waals surface area contributed by atoms with Gasteiger partial charge in [0.1, 0.15) is 5.76 Å². The van der Waals surface area contributed by atoms with Crippen molar-refractivity contribution in [2.24, 2.45) is 0 Å². The molecule has 0 amide bonds. The molecule has 2 rings (SSSR count). The highest BCUT2D eigenvalue weighted by Gasteiger charge is 2.12. The summed E-state index contributed by atoms with van der Waals surface area (Å²) in [6.45, 7) is 3.05. The predicted molar refractivity (Wildman–Crippen MR) is 51.4 cm³/mol. The summed E-state index contributed by atoms with van der Waals surface area (Å²) >= 11 is 0. The lowest BCUT2D eigenvalue weighted by Gasteiger charge is -2.09. The summed E-state index contributed by atoms with van der Waals surface area (Å²) in [7, 11) is 0. The molecule has 72 valence electrons. The first-order chi connectivity index (χ1) is 6.45. The Balaban J connectivity index is 1.63. The Morgan fingerprint density at radius 1 is 1.62 bits per heavy atom. The first kappa shape index (κ1) is 8.78. The molecule has 1 aromatic rings. The molecule has 13 heavy (non-hydrogen) atoms. The van der Waals surface area contributed by atoms with Crippen LogP contribution in [0.2, 0.25) is 0 Å². The molecule has 1 fully saturated rings. The van der Waals surface area contributed by atoms with E-state index in [4.69, 9.17) is 4.42 Å². The number of hydrogen-bond donors (Lipinski definition) is 2. The van der Waals surface area contributed by atoms with Crippen LogP contribution in [0.15, 0.2) is 22.8 Å². The van der Waals surface area contributed by atoms with E-state index in [0.717, 1.165) is 18.8 Å². The standard InChI is InChI=1S/C10H16N2O/c1-3-9(12-5-1)7-11-8-10-4-2-6-13-10/h2,4,6,9,11-12H,1,3,5,7-8H2. The quantitative estimate of drug-likeness (QED) is 0.729. The molecular formula is C10H16N2O. The van der Waals surface area contributed by atoms with Gasteiger partial charge >= 0.3 is 0 Å². The maximum absolute atomic E-state index is 5.22. The van der Waals surface area contributed by atoms with Crippen molar-refractivity contribution < 1.29 is 4.42 Å². The topological polar surface area (TPSA) is 37.2 Å². The van der Waals surface area contributed by atoms with Gasteiger partial charge < -0.3 is 15.1 Å². The van der Waals surface area contributed by atoms with E-state index in [1.165, 1.54) is 19.4 Å². The van der Waals surface area contributed by atoms with Crippen molar-refractivity contribution in [3.05, 3.63) is 24.2 Å². The Bertz CT molecular complexity index is 227. The minimum absolute atomic E-state index is 0.662. The van der Waals surface area contributed by atoms with Crippen molar-refractivity contribution in [1.29, 1.82) is 0 Å². The molecule has 0 aromatic carbocycles. The van der Waals surface area contributed by atoms with Gasteiger partial charge in [-0.05, 0) is 31.5 Å². The molecule has 1 aromatic heterocycles.